The number of halogens is 1. The summed E-state index contributed by atoms with van der Waals surface area (Å²) in [6.45, 7) is 3.87. The second-order valence-corrected chi connectivity index (χ2v) is 6.80. The number of benzene rings is 1. The maximum absolute atomic E-state index is 10.8. The van der Waals surface area contributed by atoms with Crippen LogP contribution in [0.15, 0.2) is 23.1 Å². The Hall–Kier alpha value is -0.500. The highest BCUT2D eigenvalue weighted by Gasteiger charge is 2.44. The van der Waals surface area contributed by atoms with Crippen LogP contribution >= 0.6 is 0 Å². The van der Waals surface area contributed by atoms with Gasteiger partial charge in [-0.05, 0) is 25.0 Å². The third-order valence-corrected chi connectivity index (χ3v) is 5.10. The van der Waals surface area contributed by atoms with Gasteiger partial charge in [0.2, 0.25) is 4.90 Å². The maximum Gasteiger partial charge on any atom is 0.356 e. The minimum atomic E-state index is -4.45. The first-order valence-electron chi connectivity index (χ1n) is 5.83. The van der Waals surface area contributed by atoms with Crippen LogP contribution in [0.1, 0.15) is 25.3 Å². The Labute approximate surface area is 118 Å². The van der Waals surface area contributed by atoms with Gasteiger partial charge in [0.05, 0.1) is 7.11 Å². The summed E-state index contributed by atoms with van der Waals surface area (Å²) in [7, 11) is -2.95. The van der Waals surface area contributed by atoms with E-state index in [1.807, 2.05) is 19.9 Å². The van der Waals surface area contributed by atoms with E-state index in [0.717, 1.165) is 18.4 Å². The molecule has 1 aromatic rings. The van der Waals surface area contributed by atoms with E-state index in [2.05, 4.69) is 3.74 Å². The van der Waals surface area contributed by atoms with E-state index < -0.39 is 21.4 Å². The van der Waals surface area contributed by atoms with Gasteiger partial charge >= 0.3 is 11.2 Å². The van der Waals surface area contributed by atoms with Crippen LogP contribution in [0.3, 0.4) is 0 Å². The van der Waals surface area contributed by atoms with E-state index in [0.29, 0.717) is 16.4 Å². The lowest BCUT2D eigenvalue weighted by Gasteiger charge is -2.11. The largest absolute Gasteiger partial charge is 0.491 e. The number of hydrogen-bond acceptors (Lipinski definition) is 5. The van der Waals surface area contributed by atoms with Crippen molar-refractivity contribution in [3.05, 3.63) is 23.8 Å². The highest BCUT2D eigenvalue weighted by Crippen LogP contribution is 2.29. The number of hydrogen-bond donors (Lipinski definition) is 0. The first kappa shape index (κ1) is 16.6. The third kappa shape index (κ3) is 5.56. The third-order valence-electron chi connectivity index (χ3n) is 2.40. The van der Waals surface area contributed by atoms with Gasteiger partial charge < -0.3 is 4.74 Å². The molecule has 7 heteroatoms. The van der Waals surface area contributed by atoms with Crippen molar-refractivity contribution >= 4 is 11.2 Å². The molecule has 0 fully saturated rings. The molecule has 0 radical (unpaired) electrons. The molecule has 0 aliphatic heterocycles. The van der Waals surface area contributed by atoms with E-state index in [4.69, 9.17) is 4.74 Å². The lowest BCUT2D eigenvalue weighted by molar-refractivity contribution is -1.91. The van der Waals surface area contributed by atoms with Crippen molar-refractivity contribution in [2.45, 2.75) is 31.6 Å². The monoisotopic (exact) mass is 309 g/mol. The van der Waals surface area contributed by atoms with Gasteiger partial charge in [-0.3, -0.25) is 0 Å². The molecule has 0 heterocycles. The Morgan fingerprint density at radius 3 is 2.47 bits per heavy atom. The number of rotatable bonds is 7. The highest BCUT2D eigenvalue weighted by atomic mass is 35.7. The number of unbranched alkanes of at least 4 members (excludes halogenated alkanes) is 1. The average molecular weight is 310 g/mol. The van der Waals surface area contributed by atoms with Crippen molar-refractivity contribution in [2.75, 3.05) is 12.9 Å². The van der Waals surface area contributed by atoms with E-state index in [9.17, 15) is 14.0 Å². The summed E-state index contributed by atoms with van der Waals surface area (Å²) in [4.78, 5) is 0.614. The van der Waals surface area contributed by atoms with Crippen LogP contribution in [0.25, 0.3) is 0 Å². The van der Waals surface area contributed by atoms with Crippen LogP contribution in [0, 0.1) is 17.2 Å². The van der Waals surface area contributed by atoms with Crippen LogP contribution in [0.5, 0.6) is 5.75 Å². The molecule has 108 valence electrons. The lowest BCUT2D eigenvalue weighted by atomic mass is 10.2. The Morgan fingerprint density at radius 2 is 1.95 bits per heavy atom. The van der Waals surface area contributed by atoms with Crippen LogP contribution < -0.4 is 18.7 Å². The molecule has 1 atom stereocenters. The van der Waals surface area contributed by atoms with Crippen LogP contribution in [0.2, 0.25) is 0 Å². The fourth-order valence-electron chi connectivity index (χ4n) is 1.51. The minimum absolute atomic E-state index is 0.477. The number of methoxy groups -OCH3 is 1. The zero-order valence-electron chi connectivity index (χ0n) is 11.2. The van der Waals surface area contributed by atoms with Crippen molar-refractivity contribution in [1.29, 1.82) is 0 Å². The lowest BCUT2D eigenvalue weighted by Crippen LogP contribution is -2.61. The molecule has 0 aliphatic rings. The number of aryl methyl sites for hydroxylation is 1. The first-order chi connectivity index (χ1) is 8.87. The second-order valence-electron chi connectivity index (χ2n) is 4.00. The fraction of sp³-hybridized carbons (Fsp3) is 0.500. The second kappa shape index (κ2) is 7.33. The Morgan fingerprint density at radius 1 is 1.26 bits per heavy atom. The Balaban J connectivity index is 3.04. The molecule has 0 aliphatic carbocycles. The summed E-state index contributed by atoms with van der Waals surface area (Å²) in [5, 5.41) is 0. The molecule has 0 amide bonds. The number of ether oxygens (including phenoxy) is 1. The van der Waals surface area contributed by atoms with Gasteiger partial charge in [-0.15, -0.1) is 0 Å². The van der Waals surface area contributed by atoms with Gasteiger partial charge in [0, 0.05) is 6.07 Å². The summed E-state index contributed by atoms with van der Waals surface area (Å²) < 4.78 is 42.3. The summed E-state index contributed by atoms with van der Waals surface area (Å²) in [6, 6.07) is 5.39. The van der Waals surface area contributed by atoms with Gasteiger partial charge in [0.15, 0.2) is 11.5 Å². The summed E-state index contributed by atoms with van der Waals surface area (Å²) in [5.74, 6) is 1.01. The van der Waals surface area contributed by atoms with Crippen LogP contribution in [0.4, 0.5) is 0 Å². The van der Waals surface area contributed by atoms with Crippen molar-refractivity contribution in [3.63, 3.8) is 0 Å². The first-order valence-corrected chi connectivity index (χ1v) is 8.39. The van der Waals surface area contributed by atoms with E-state index in [1.165, 1.54) is 7.11 Å². The molecule has 5 nitrogen and oxygen atoms in total. The molecule has 0 spiro atoms. The quantitative estimate of drug-likeness (QED) is 0.640. The summed E-state index contributed by atoms with van der Waals surface area (Å²) >= 11 is -1.12. The van der Waals surface area contributed by atoms with E-state index in [-0.39, 0.29) is 0 Å². The van der Waals surface area contributed by atoms with Crippen molar-refractivity contribution in [2.24, 2.45) is 0 Å². The molecular formula is C12H18ClO5S+. The fourth-order valence-corrected chi connectivity index (χ4v) is 4.24. The molecule has 0 saturated carbocycles. The van der Waals surface area contributed by atoms with Crippen molar-refractivity contribution in [1.82, 2.24) is 0 Å². The van der Waals surface area contributed by atoms with Gasteiger partial charge in [-0.2, -0.15) is 14.0 Å². The van der Waals surface area contributed by atoms with E-state index >= 15 is 0 Å². The molecule has 1 aromatic carbocycles. The molecule has 0 bridgehead atoms. The molecule has 19 heavy (non-hydrogen) atoms. The zero-order chi connectivity index (χ0) is 14.5. The Bertz CT molecular complexity index is 408. The molecule has 1 unspecified atom stereocenters. The minimum Gasteiger partial charge on any atom is -0.491 e. The summed E-state index contributed by atoms with van der Waals surface area (Å²) in [6.07, 6.45) is 1.65. The highest BCUT2D eigenvalue weighted by molar-refractivity contribution is 7.92. The van der Waals surface area contributed by atoms with Crippen molar-refractivity contribution < 1.29 is 32.7 Å². The zero-order valence-corrected chi connectivity index (χ0v) is 12.8. The summed E-state index contributed by atoms with van der Waals surface area (Å²) in [5.41, 5.74) is 0.952. The predicted molar refractivity (Wildman–Crippen MR) is 64.2 cm³/mol. The van der Waals surface area contributed by atoms with Crippen LogP contribution in [-0.4, -0.2) is 12.9 Å². The van der Waals surface area contributed by atoms with Gasteiger partial charge in [-0.25, -0.2) is 0 Å². The molecule has 1 rings (SSSR count). The van der Waals surface area contributed by atoms with Gasteiger partial charge in [0.1, 0.15) is 10.2 Å². The van der Waals surface area contributed by atoms with Gasteiger partial charge in [-0.1, -0.05) is 19.4 Å². The maximum atomic E-state index is 10.8. The molecule has 0 saturated heterocycles. The molecular weight excluding hydrogens is 292 g/mol. The molecule has 0 aromatic heterocycles. The normalized spacial score (nSPS) is 13.4. The van der Waals surface area contributed by atoms with E-state index in [1.54, 1.807) is 12.1 Å². The standard InChI is InChI=1S/C12H18ClO5S/c1-4-5-8-19(18-13(14,15)16)12-9-10(2)6-7-11(12)17-3/h6-7,9H,4-5,8H2,1-3H3/q+1. The molecule has 0 N–H and O–H groups in total. The topological polar surface area (TPSA) is 87.6 Å². The average Bonchev–Trinajstić information content (AvgIpc) is 2.33. The van der Waals surface area contributed by atoms with Crippen molar-refractivity contribution in [3.8, 4) is 5.75 Å². The predicted octanol–water partition coefficient (Wildman–Crippen LogP) is -0.390. The smallest absolute Gasteiger partial charge is 0.356 e. The van der Waals surface area contributed by atoms with Gasteiger partial charge in [0.25, 0.3) is 3.74 Å². The Kier molecular flexibility index (Phi) is 6.38. The van der Waals surface area contributed by atoms with Crippen LogP contribution in [-0.2, 0) is 14.9 Å². The SMILES string of the molecule is CCCC[S+](O[Cl+3]([O-])([O-])[O-])c1cc(C)ccc1OC.